The van der Waals surface area contributed by atoms with Crippen LogP contribution < -0.4 is 0 Å². The van der Waals surface area contributed by atoms with Crippen LogP contribution in [0.4, 0.5) is 0 Å². The van der Waals surface area contributed by atoms with Gasteiger partial charge in [-0.25, -0.2) is 4.98 Å². The second-order valence-electron chi connectivity index (χ2n) is 6.42. The van der Waals surface area contributed by atoms with Gasteiger partial charge in [0, 0.05) is 37.3 Å². The molecule has 0 bridgehead atoms. The molecule has 0 aliphatic rings. The maximum atomic E-state index is 13.0. The number of oxazole rings is 1. The van der Waals surface area contributed by atoms with Gasteiger partial charge >= 0.3 is 0 Å². The SMILES string of the molecule is CN(Cc1cccnc1)C(=O)c1ccccc1CSc1nc2ccccc2o1. The minimum Gasteiger partial charge on any atom is -0.431 e. The average Bonchev–Trinajstić information content (AvgIpc) is 3.15. The Labute approximate surface area is 167 Å². The van der Waals surface area contributed by atoms with Crippen molar-refractivity contribution < 1.29 is 9.21 Å². The molecule has 0 saturated carbocycles. The number of amides is 1. The molecule has 0 unspecified atom stereocenters. The van der Waals surface area contributed by atoms with Gasteiger partial charge in [0.25, 0.3) is 11.1 Å². The van der Waals surface area contributed by atoms with Gasteiger partial charge in [0.15, 0.2) is 5.58 Å². The Kier molecular flexibility index (Phi) is 5.39. The number of thioether (sulfide) groups is 1. The van der Waals surface area contributed by atoms with Gasteiger partial charge in [-0.1, -0.05) is 48.2 Å². The zero-order valence-electron chi connectivity index (χ0n) is 15.4. The Hall–Kier alpha value is -3.12. The zero-order valence-corrected chi connectivity index (χ0v) is 16.2. The average molecular weight is 389 g/mol. The second kappa shape index (κ2) is 8.27. The molecule has 1 amide bonds. The third kappa shape index (κ3) is 4.07. The third-order valence-electron chi connectivity index (χ3n) is 4.36. The molecule has 2 aromatic carbocycles. The summed E-state index contributed by atoms with van der Waals surface area (Å²) in [6, 6.07) is 19.2. The van der Waals surface area contributed by atoms with Crippen molar-refractivity contribution in [2.45, 2.75) is 17.5 Å². The van der Waals surface area contributed by atoms with Crippen LogP contribution >= 0.6 is 11.8 Å². The van der Waals surface area contributed by atoms with Crippen molar-refractivity contribution >= 4 is 28.8 Å². The first-order chi connectivity index (χ1) is 13.7. The standard InChI is InChI=1S/C22H19N3O2S/c1-25(14-16-7-6-12-23-13-16)21(26)18-9-3-2-8-17(18)15-28-22-24-19-10-4-5-11-20(19)27-22/h2-13H,14-15H2,1H3. The fraction of sp³-hybridized carbons (Fsp3) is 0.136. The summed E-state index contributed by atoms with van der Waals surface area (Å²) in [6.07, 6.45) is 3.50. The fourth-order valence-corrected chi connectivity index (χ4v) is 3.79. The van der Waals surface area contributed by atoms with E-state index in [1.54, 1.807) is 24.3 Å². The molecule has 2 heterocycles. The normalized spacial score (nSPS) is 10.9. The van der Waals surface area contributed by atoms with Crippen LogP contribution in [0.2, 0.25) is 0 Å². The van der Waals surface area contributed by atoms with Gasteiger partial charge < -0.3 is 9.32 Å². The largest absolute Gasteiger partial charge is 0.431 e. The molecule has 0 atom stereocenters. The van der Waals surface area contributed by atoms with E-state index >= 15 is 0 Å². The Balaban J connectivity index is 1.48. The zero-order chi connectivity index (χ0) is 19.3. The first kappa shape index (κ1) is 18.3. The lowest BCUT2D eigenvalue weighted by Gasteiger charge is -2.19. The number of hydrogen-bond acceptors (Lipinski definition) is 5. The number of pyridine rings is 1. The Bertz CT molecular complexity index is 1060. The highest BCUT2D eigenvalue weighted by Crippen LogP contribution is 2.27. The van der Waals surface area contributed by atoms with Crippen molar-refractivity contribution in [3.63, 3.8) is 0 Å². The van der Waals surface area contributed by atoms with E-state index < -0.39 is 0 Å². The van der Waals surface area contributed by atoms with Crippen LogP contribution in [0.1, 0.15) is 21.5 Å². The van der Waals surface area contributed by atoms with E-state index in [4.69, 9.17) is 4.42 Å². The first-order valence-electron chi connectivity index (χ1n) is 8.91. The minimum absolute atomic E-state index is 0.0161. The Morgan fingerprint density at radius 1 is 1.07 bits per heavy atom. The number of fused-ring (bicyclic) bond motifs is 1. The predicted octanol–water partition coefficient (Wildman–Crippen LogP) is 4.79. The monoisotopic (exact) mass is 389 g/mol. The molecule has 0 N–H and O–H groups in total. The highest BCUT2D eigenvalue weighted by Gasteiger charge is 2.17. The number of nitrogens with zero attached hydrogens (tertiary/aromatic N) is 3. The van der Waals surface area contributed by atoms with E-state index in [0.29, 0.717) is 23.1 Å². The summed E-state index contributed by atoms with van der Waals surface area (Å²) in [7, 11) is 1.81. The highest BCUT2D eigenvalue weighted by molar-refractivity contribution is 7.98. The van der Waals surface area contributed by atoms with Crippen LogP contribution in [-0.2, 0) is 12.3 Å². The molecule has 140 valence electrons. The summed E-state index contributed by atoms with van der Waals surface area (Å²) in [5.41, 5.74) is 4.25. The van der Waals surface area contributed by atoms with Crippen molar-refractivity contribution in [1.82, 2.24) is 14.9 Å². The fourth-order valence-electron chi connectivity index (χ4n) is 2.95. The van der Waals surface area contributed by atoms with Crippen molar-refractivity contribution in [1.29, 1.82) is 0 Å². The lowest BCUT2D eigenvalue weighted by atomic mass is 10.1. The Morgan fingerprint density at radius 2 is 1.89 bits per heavy atom. The summed E-state index contributed by atoms with van der Waals surface area (Å²) >= 11 is 1.49. The molecule has 0 aliphatic carbocycles. The van der Waals surface area contributed by atoms with Crippen LogP contribution in [0.15, 0.2) is 82.7 Å². The quantitative estimate of drug-likeness (QED) is 0.444. The van der Waals surface area contributed by atoms with Crippen molar-refractivity contribution in [2.24, 2.45) is 0 Å². The van der Waals surface area contributed by atoms with Crippen LogP contribution in [0.25, 0.3) is 11.1 Å². The predicted molar refractivity (Wildman–Crippen MR) is 110 cm³/mol. The van der Waals surface area contributed by atoms with Crippen LogP contribution in [0, 0.1) is 0 Å². The number of carbonyl (C=O) groups is 1. The van der Waals surface area contributed by atoms with Crippen molar-refractivity contribution in [2.75, 3.05) is 7.05 Å². The summed E-state index contributed by atoms with van der Waals surface area (Å²) < 4.78 is 5.77. The number of hydrogen-bond donors (Lipinski definition) is 0. The first-order valence-corrected chi connectivity index (χ1v) is 9.90. The minimum atomic E-state index is -0.0161. The van der Waals surface area contributed by atoms with Gasteiger partial charge in [-0.2, -0.15) is 0 Å². The van der Waals surface area contributed by atoms with Gasteiger partial charge in [-0.15, -0.1) is 0 Å². The lowest BCUT2D eigenvalue weighted by molar-refractivity contribution is 0.0784. The van der Waals surface area contributed by atoms with Gasteiger partial charge in [0.05, 0.1) is 0 Å². The molecule has 0 aliphatic heterocycles. The van der Waals surface area contributed by atoms with Gasteiger partial charge in [0.1, 0.15) is 5.52 Å². The molecule has 0 spiro atoms. The van der Waals surface area contributed by atoms with Crippen LogP contribution in [0.3, 0.4) is 0 Å². The second-order valence-corrected chi connectivity index (χ2v) is 7.34. The summed E-state index contributed by atoms with van der Waals surface area (Å²) in [5.74, 6) is 0.591. The van der Waals surface area contributed by atoms with Crippen LogP contribution in [0.5, 0.6) is 0 Å². The molecular weight excluding hydrogens is 370 g/mol. The van der Waals surface area contributed by atoms with E-state index in [0.717, 1.165) is 22.2 Å². The molecule has 4 aromatic rings. The number of carbonyl (C=O) groups excluding carboxylic acids is 1. The van der Waals surface area contributed by atoms with E-state index in [2.05, 4.69) is 9.97 Å². The molecular formula is C22H19N3O2S. The molecule has 0 fully saturated rings. The molecule has 0 radical (unpaired) electrons. The van der Waals surface area contributed by atoms with Gasteiger partial charge in [-0.3, -0.25) is 9.78 Å². The Morgan fingerprint density at radius 3 is 2.71 bits per heavy atom. The van der Waals surface area contributed by atoms with Crippen molar-refractivity contribution in [3.05, 3.63) is 89.7 Å². The maximum Gasteiger partial charge on any atom is 0.257 e. The molecule has 6 heteroatoms. The highest BCUT2D eigenvalue weighted by atomic mass is 32.2. The topological polar surface area (TPSA) is 59.2 Å². The molecule has 28 heavy (non-hydrogen) atoms. The number of para-hydroxylation sites is 2. The van der Waals surface area contributed by atoms with Gasteiger partial charge in [0.2, 0.25) is 0 Å². The maximum absolute atomic E-state index is 13.0. The summed E-state index contributed by atoms with van der Waals surface area (Å²) in [4.78, 5) is 23.3. The van der Waals surface area contributed by atoms with E-state index in [9.17, 15) is 4.79 Å². The third-order valence-corrected chi connectivity index (χ3v) is 5.24. The number of aromatic nitrogens is 2. The number of rotatable bonds is 6. The van der Waals surface area contributed by atoms with Crippen molar-refractivity contribution in [3.8, 4) is 0 Å². The van der Waals surface area contributed by atoms with E-state index in [1.165, 1.54) is 11.8 Å². The summed E-state index contributed by atoms with van der Waals surface area (Å²) in [5, 5.41) is 0.604. The molecule has 5 nitrogen and oxygen atoms in total. The lowest BCUT2D eigenvalue weighted by Crippen LogP contribution is -2.27. The molecule has 2 aromatic heterocycles. The van der Waals surface area contributed by atoms with Crippen LogP contribution in [-0.4, -0.2) is 27.8 Å². The molecule has 4 rings (SSSR count). The smallest absolute Gasteiger partial charge is 0.257 e. The van der Waals surface area contributed by atoms with E-state index in [-0.39, 0.29) is 5.91 Å². The summed E-state index contributed by atoms with van der Waals surface area (Å²) in [6.45, 7) is 0.513. The molecule has 0 saturated heterocycles. The van der Waals surface area contributed by atoms with Gasteiger partial charge in [-0.05, 0) is 35.4 Å². The van der Waals surface area contributed by atoms with E-state index in [1.807, 2.05) is 60.7 Å². The number of benzene rings is 2.